The van der Waals surface area contributed by atoms with Gasteiger partial charge in [0, 0.05) is 22.5 Å². The number of hydrogen-bond donors (Lipinski definition) is 0. The highest BCUT2D eigenvalue weighted by atomic mass is 79.9. The van der Waals surface area contributed by atoms with Crippen molar-refractivity contribution in [3.05, 3.63) is 69.7 Å². The lowest BCUT2D eigenvalue weighted by molar-refractivity contribution is 0.0991. The van der Waals surface area contributed by atoms with Gasteiger partial charge in [-0.25, -0.2) is 8.78 Å². The zero-order valence-electron chi connectivity index (χ0n) is 9.29. The number of carbonyl (C=O) groups is 1. The number of benzene rings is 2. The van der Waals surface area contributed by atoms with Gasteiger partial charge in [-0.1, -0.05) is 40.2 Å². The van der Waals surface area contributed by atoms with Crippen molar-refractivity contribution >= 4 is 21.7 Å². The Bertz CT molecular complexity index is 596. The molecule has 0 aliphatic rings. The van der Waals surface area contributed by atoms with Gasteiger partial charge in [0.2, 0.25) is 0 Å². The highest BCUT2D eigenvalue weighted by Gasteiger charge is 2.13. The summed E-state index contributed by atoms with van der Waals surface area (Å²) in [4.78, 5) is 12.0. The molecule has 0 fully saturated rings. The summed E-state index contributed by atoms with van der Waals surface area (Å²) in [7, 11) is 0. The molecule has 0 unspecified atom stereocenters. The van der Waals surface area contributed by atoms with Crippen LogP contribution in [-0.4, -0.2) is 5.78 Å². The molecule has 0 amide bonds. The number of halogens is 3. The van der Waals surface area contributed by atoms with E-state index in [2.05, 4.69) is 15.9 Å². The predicted molar refractivity (Wildman–Crippen MR) is 68.5 cm³/mol. The van der Waals surface area contributed by atoms with E-state index in [1.807, 2.05) is 0 Å². The number of carbonyl (C=O) groups excluding carboxylic acids is 1. The summed E-state index contributed by atoms with van der Waals surface area (Å²) in [6, 6.07) is 10.1. The minimum atomic E-state index is -0.699. The van der Waals surface area contributed by atoms with Crippen LogP contribution in [0.5, 0.6) is 0 Å². The molecule has 0 radical (unpaired) electrons. The summed E-state index contributed by atoms with van der Waals surface area (Å²) >= 11 is 3.27. The van der Waals surface area contributed by atoms with E-state index in [4.69, 9.17) is 0 Å². The third kappa shape index (κ3) is 2.82. The van der Waals surface area contributed by atoms with Gasteiger partial charge in [0.15, 0.2) is 5.78 Å². The third-order valence-corrected chi connectivity index (χ3v) is 3.23. The largest absolute Gasteiger partial charge is 0.294 e. The number of Topliss-reactive ketones (excluding diaryl/α,β-unsaturated/α-hetero) is 1. The van der Waals surface area contributed by atoms with Crippen molar-refractivity contribution in [2.75, 3.05) is 0 Å². The molecule has 0 atom stereocenters. The van der Waals surface area contributed by atoms with E-state index >= 15 is 0 Å². The summed E-state index contributed by atoms with van der Waals surface area (Å²) in [5.41, 5.74) is 0.679. The van der Waals surface area contributed by atoms with Crippen LogP contribution in [0.2, 0.25) is 0 Å². The van der Waals surface area contributed by atoms with Gasteiger partial charge in [0.1, 0.15) is 11.6 Å². The molecule has 0 bridgehead atoms. The van der Waals surface area contributed by atoms with E-state index in [1.165, 1.54) is 6.07 Å². The highest BCUT2D eigenvalue weighted by Crippen LogP contribution is 2.19. The van der Waals surface area contributed by atoms with Crippen LogP contribution < -0.4 is 0 Å². The Morgan fingerprint density at radius 2 is 1.83 bits per heavy atom. The molecule has 0 heterocycles. The van der Waals surface area contributed by atoms with E-state index in [1.54, 1.807) is 24.3 Å². The third-order valence-electron chi connectivity index (χ3n) is 2.54. The Kier molecular flexibility index (Phi) is 3.87. The van der Waals surface area contributed by atoms with E-state index in [0.717, 1.165) is 12.1 Å². The molecule has 1 nitrogen and oxygen atoms in total. The molecule has 0 saturated heterocycles. The fraction of sp³-hybridized carbons (Fsp3) is 0.0714. The summed E-state index contributed by atoms with van der Waals surface area (Å²) in [5, 5.41) is 0. The summed E-state index contributed by atoms with van der Waals surface area (Å²) in [5.74, 6) is -1.56. The van der Waals surface area contributed by atoms with Crippen molar-refractivity contribution in [2.45, 2.75) is 6.42 Å². The van der Waals surface area contributed by atoms with Crippen molar-refractivity contribution in [2.24, 2.45) is 0 Å². The van der Waals surface area contributed by atoms with E-state index in [9.17, 15) is 13.6 Å². The van der Waals surface area contributed by atoms with Crippen molar-refractivity contribution in [3.63, 3.8) is 0 Å². The molecule has 0 aliphatic carbocycles. The molecule has 2 aromatic rings. The molecule has 2 rings (SSSR count). The zero-order valence-corrected chi connectivity index (χ0v) is 10.9. The highest BCUT2D eigenvalue weighted by molar-refractivity contribution is 9.10. The van der Waals surface area contributed by atoms with Crippen molar-refractivity contribution in [1.29, 1.82) is 0 Å². The standard InChI is InChI=1S/C14H9BrF2O/c15-12-4-2-1-3-11(12)14(18)7-9-5-6-10(16)8-13(9)17/h1-6,8H,7H2. The fourth-order valence-electron chi connectivity index (χ4n) is 1.62. The smallest absolute Gasteiger partial charge is 0.168 e. The first-order chi connectivity index (χ1) is 8.58. The molecule has 4 heteroatoms. The number of ketones is 1. The van der Waals surface area contributed by atoms with Gasteiger partial charge in [-0.05, 0) is 17.7 Å². The zero-order chi connectivity index (χ0) is 13.1. The van der Waals surface area contributed by atoms with Gasteiger partial charge in [-0.15, -0.1) is 0 Å². The van der Waals surface area contributed by atoms with Crippen LogP contribution >= 0.6 is 15.9 Å². The molecule has 0 N–H and O–H groups in total. The van der Waals surface area contributed by atoms with Gasteiger partial charge >= 0.3 is 0 Å². The first-order valence-corrected chi connectivity index (χ1v) is 6.09. The van der Waals surface area contributed by atoms with Gasteiger partial charge in [-0.3, -0.25) is 4.79 Å². The Morgan fingerprint density at radius 1 is 1.11 bits per heavy atom. The van der Waals surface area contributed by atoms with Crippen LogP contribution in [0.1, 0.15) is 15.9 Å². The predicted octanol–water partition coefficient (Wildman–Crippen LogP) is 4.15. The van der Waals surface area contributed by atoms with Gasteiger partial charge in [-0.2, -0.15) is 0 Å². The molecule has 2 aromatic carbocycles. The van der Waals surface area contributed by atoms with Crippen LogP contribution in [0.25, 0.3) is 0 Å². The quantitative estimate of drug-likeness (QED) is 0.778. The number of hydrogen-bond acceptors (Lipinski definition) is 1. The van der Waals surface area contributed by atoms with Crippen molar-refractivity contribution < 1.29 is 13.6 Å². The maximum absolute atomic E-state index is 13.4. The maximum Gasteiger partial charge on any atom is 0.168 e. The minimum absolute atomic E-state index is 0.0886. The van der Waals surface area contributed by atoms with Gasteiger partial charge < -0.3 is 0 Å². The second-order valence-corrected chi connectivity index (χ2v) is 4.67. The van der Waals surface area contributed by atoms with Crippen LogP contribution in [-0.2, 0) is 6.42 Å². The molecule has 18 heavy (non-hydrogen) atoms. The van der Waals surface area contributed by atoms with Crippen LogP contribution in [0.15, 0.2) is 46.9 Å². The Hall–Kier alpha value is -1.55. The molecule has 0 aliphatic heterocycles. The molecular weight excluding hydrogens is 302 g/mol. The van der Waals surface area contributed by atoms with E-state index in [-0.39, 0.29) is 17.8 Å². The minimum Gasteiger partial charge on any atom is -0.294 e. The van der Waals surface area contributed by atoms with Gasteiger partial charge in [0.25, 0.3) is 0 Å². The SMILES string of the molecule is O=C(Cc1ccc(F)cc1F)c1ccccc1Br. The summed E-state index contributed by atoms with van der Waals surface area (Å²) in [6.07, 6.45) is -0.0886. The molecule has 0 saturated carbocycles. The average molecular weight is 311 g/mol. The van der Waals surface area contributed by atoms with Crippen LogP contribution in [0, 0.1) is 11.6 Å². The lowest BCUT2D eigenvalue weighted by Crippen LogP contribution is -2.06. The average Bonchev–Trinajstić information content (AvgIpc) is 2.33. The Balaban J connectivity index is 2.24. The summed E-state index contributed by atoms with van der Waals surface area (Å²) in [6.45, 7) is 0. The Labute approximate surface area is 112 Å². The second-order valence-electron chi connectivity index (χ2n) is 3.82. The monoisotopic (exact) mass is 310 g/mol. The summed E-state index contributed by atoms with van der Waals surface area (Å²) < 4.78 is 26.8. The van der Waals surface area contributed by atoms with Crippen molar-refractivity contribution in [1.82, 2.24) is 0 Å². The van der Waals surface area contributed by atoms with E-state index in [0.29, 0.717) is 10.0 Å². The first kappa shape index (κ1) is 12.9. The second kappa shape index (κ2) is 5.40. The molecule has 0 spiro atoms. The van der Waals surface area contributed by atoms with Crippen molar-refractivity contribution in [3.8, 4) is 0 Å². The van der Waals surface area contributed by atoms with Crippen LogP contribution in [0.3, 0.4) is 0 Å². The topological polar surface area (TPSA) is 17.1 Å². The fourth-order valence-corrected chi connectivity index (χ4v) is 2.13. The maximum atomic E-state index is 13.4. The molecule has 92 valence electrons. The normalized spacial score (nSPS) is 10.4. The lowest BCUT2D eigenvalue weighted by atomic mass is 10.0. The first-order valence-electron chi connectivity index (χ1n) is 5.29. The number of rotatable bonds is 3. The molecular formula is C14H9BrF2O. The van der Waals surface area contributed by atoms with Crippen LogP contribution in [0.4, 0.5) is 8.78 Å². The lowest BCUT2D eigenvalue weighted by Gasteiger charge is -2.05. The Morgan fingerprint density at radius 3 is 2.50 bits per heavy atom. The van der Waals surface area contributed by atoms with E-state index < -0.39 is 11.6 Å². The van der Waals surface area contributed by atoms with Gasteiger partial charge in [0.05, 0.1) is 0 Å². The molecule has 0 aromatic heterocycles.